The van der Waals surface area contributed by atoms with Gasteiger partial charge in [-0.2, -0.15) is 0 Å². The molecule has 0 spiro atoms. The number of rotatable bonds is 2. The number of hydrogen-bond donors (Lipinski definition) is 1. The Morgan fingerprint density at radius 3 is 2.87 bits per heavy atom. The van der Waals surface area contributed by atoms with Crippen molar-refractivity contribution in [1.29, 1.82) is 0 Å². The molecule has 0 atom stereocenters. The smallest absolute Gasteiger partial charge is 0.280 e. The molecule has 2 aromatic rings. The van der Waals surface area contributed by atoms with E-state index in [0.29, 0.717) is 10.9 Å². The van der Waals surface area contributed by atoms with E-state index in [1.54, 1.807) is 19.2 Å². The van der Waals surface area contributed by atoms with Gasteiger partial charge in [-0.25, -0.2) is 0 Å². The molecule has 1 aromatic carbocycles. The van der Waals surface area contributed by atoms with Gasteiger partial charge in [-0.05, 0) is 18.2 Å². The van der Waals surface area contributed by atoms with Gasteiger partial charge in [0.25, 0.3) is 5.69 Å². The number of anilines is 1. The topological polar surface area (TPSA) is 68.1 Å². The largest absolute Gasteiger partial charge is 0.388 e. The van der Waals surface area contributed by atoms with Gasteiger partial charge in [-0.15, -0.1) is 0 Å². The van der Waals surface area contributed by atoms with Crippen molar-refractivity contribution < 1.29 is 4.92 Å². The first-order valence-electron chi connectivity index (χ1n) is 4.43. The zero-order valence-electron chi connectivity index (χ0n) is 8.10. The highest BCUT2D eigenvalue weighted by Gasteiger charge is 2.11. The summed E-state index contributed by atoms with van der Waals surface area (Å²) in [7, 11) is 1.77. The first-order valence-corrected chi connectivity index (χ1v) is 4.43. The molecule has 76 valence electrons. The number of hydrogen-bond acceptors (Lipinski definition) is 4. The van der Waals surface area contributed by atoms with Crippen LogP contribution in [0.1, 0.15) is 0 Å². The van der Waals surface area contributed by atoms with Crippen molar-refractivity contribution in [1.82, 2.24) is 4.98 Å². The molecular weight excluding hydrogens is 194 g/mol. The molecule has 2 rings (SSSR count). The Labute approximate surface area is 85.9 Å². The van der Waals surface area contributed by atoms with Crippen LogP contribution in [0, 0.1) is 10.1 Å². The van der Waals surface area contributed by atoms with Gasteiger partial charge in [0, 0.05) is 25.0 Å². The minimum absolute atomic E-state index is 0.0806. The van der Waals surface area contributed by atoms with Crippen LogP contribution in [0.4, 0.5) is 11.4 Å². The van der Waals surface area contributed by atoms with Crippen LogP contribution in [0.2, 0.25) is 0 Å². The van der Waals surface area contributed by atoms with E-state index in [1.807, 2.05) is 6.07 Å². The van der Waals surface area contributed by atoms with Gasteiger partial charge >= 0.3 is 0 Å². The second-order valence-electron chi connectivity index (χ2n) is 3.07. The third-order valence-electron chi connectivity index (χ3n) is 2.20. The molecule has 5 nitrogen and oxygen atoms in total. The van der Waals surface area contributed by atoms with Gasteiger partial charge in [0.05, 0.1) is 15.8 Å². The van der Waals surface area contributed by atoms with Gasteiger partial charge in [0.2, 0.25) is 0 Å². The summed E-state index contributed by atoms with van der Waals surface area (Å²) in [6.45, 7) is 0. The Morgan fingerprint density at radius 2 is 2.20 bits per heavy atom. The maximum atomic E-state index is 10.8. The monoisotopic (exact) mass is 203 g/mol. The highest BCUT2D eigenvalue weighted by molar-refractivity contribution is 5.90. The van der Waals surface area contributed by atoms with Gasteiger partial charge in [-0.3, -0.25) is 15.1 Å². The Kier molecular flexibility index (Phi) is 2.21. The number of pyridine rings is 1. The predicted octanol–water partition coefficient (Wildman–Crippen LogP) is 2.18. The van der Waals surface area contributed by atoms with Crippen molar-refractivity contribution in [2.75, 3.05) is 12.4 Å². The molecule has 15 heavy (non-hydrogen) atoms. The average Bonchev–Trinajstić information content (AvgIpc) is 2.27. The van der Waals surface area contributed by atoms with E-state index in [2.05, 4.69) is 10.3 Å². The number of nitrogens with one attached hydrogen (secondary N) is 1. The Morgan fingerprint density at radius 1 is 1.40 bits per heavy atom. The fourth-order valence-corrected chi connectivity index (χ4v) is 1.45. The van der Waals surface area contributed by atoms with Crippen molar-refractivity contribution in [2.45, 2.75) is 0 Å². The lowest BCUT2D eigenvalue weighted by atomic mass is 10.1. The van der Waals surface area contributed by atoms with Crippen LogP contribution in [0.25, 0.3) is 10.9 Å². The molecule has 0 saturated carbocycles. The predicted molar refractivity (Wildman–Crippen MR) is 57.9 cm³/mol. The van der Waals surface area contributed by atoms with E-state index in [4.69, 9.17) is 0 Å². The van der Waals surface area contributed by atoms with Crippen LogP contribution in [0.5, 0.6) is 0 Å². The van der Waals surface area contributed by atoms with Crippen LogP contribution >= 0.6 is 0 Å². The average molecular weight is 203 g/mol. The van der Waals surface area contributed by atoms with Crippen molar-refractivity contribution in [3.8, 4) is 0 Å². The molecule has 0 aliphatic carbocycles. The molecule has 0 fully saturated rings. The van der Waals surface area contributed by atoms with Crippen LogP contribution < -0.4 is 5.32 Å². The molecule has 0 unspecified atom stereocenters. The highest BCUT2D eigenvalue weighted by atomic mass is 16.6. The summed E-state index contributed by atoms with van der Waals surface area (Å²) in [5.41, 5.74) is 1.54. The first-order chi connectivity index (χ1) is 7.22. The van der Waals surface area contributed by atoms with E-state index in [-0.39, 0.29) is 5.69 Å². The van der Waals surface area contributed by atoms with E-state index in [1.165, 1.54) is 12.3 Å². The molecule has 5 heteroatoms. The summed E-state index contributed by atoms with van der Waals surface area (Å²) in [5, 5.41) is 14.3. The summed E-state index contributed by atoms with van der Waals surface area (Å²) in [4.78, 5) is 14.4. The maximum Gasteiger partial charge on any atom is 0.280 e. The summed E-state index contributed by atoms with van der Waals surface area (Å²) in [6.07, 6.45) is 1.44. The van der Waals surface area contributed by atoms with Gasteiger partial charge in [-0.1, -0.05) is 0 Å². The van der Waals surface area contributed by atoms with Crippen molar-refractivity contribution in [2.24, 2.45) is 0 Å². The third kappa shape index (κ3) is 1.59. The van der Waals surface area contributed by atoms with E-state index in [0.717, 1.165) is 5.69 Å². The Bertz CT molecular complexity index is 525. The second kappa shape index (κ2) is 3.53. The van der Waals surface area contributed by atoms with Crippen molar-refractivity contribution in [3.05, 3.63) is 40.6 Å². The SMILES string of the molecule is CNc1ccc2nccc([N+](=O)[O-])c2c1. The summed E-state index contributed by atoms with van der Waals surface area (Å²) in [5.74, 6) is 0. The lowest BCUT2D eigenvalue weighted by Crippen LogP contribution is -1.93. The molecule has 0 aliphatic rings. The normalized spacial score (nSPS) is 10.2. The Balaban J connectivity index is 2.76. The maximum absolute atomic E-state index is 10.8. The van der Waals surface area contributed by atoms with E-state index in [9.17, 15) is 10.1 Å². The molecular formula is C10H9N3O2. The van der Waals surface area contributed by atoms with E-state index >= 15 is 0 Å². The molecule has 0 bridgehead atoms. The van der Waals surface area contributed by atoms with E-state index < -0.39 is 4.92 Å². The molecule has 0 aliphatic heterocycles. The van der Waals surface area contributed by atoms with Gasteiger partial charge in [0.1, 0.15) is 0 Å². The summed E-state index contributed by atoms with van der Waals surface area (Å²) >= 11 is 0. The quantitative estimate of drug-likeness (QED) is 0.600. The molecule has 1 heterocycles. The zero-order valence-corrected chi connectivity index (χ0v) is 8.10. The molecule has 0 saturated heterocycles. The zero-order chi connectivity index (χ0) is 10.8. The molecule has 0 radical (unpaired) electrons. The number of nitrogens with zero attached hydrogens (tertiary/aromatic N) is 2. The van der Waals surface area contributed by atoms with Gasteiger partial charge < -0.3 is 5.32 Å². The standard InChI is InChI=1S/C10H9N3O2/c1-11-7-2-3-9-8(6-7)10(13(14)15)4-5-12-9/h2-6,11H,1H3. The number of fused-ring (bicyclic) bond motifs is 1. The summed E-state index contributed by atoms with van der Waals surface area (Å²) < 4.78 is 0. The van der Waals surface area contributed by atoms with Crippen LogP contribution in [-0.2, 0) is 0 Å². The lowest BCUT2D eigenvalue weighted by Gasteiger charge is -2.02. The molecule has 1 N–H and O–H groups in total. The van der Waals surface area contributed by atoms with Crippen molar-refractivity contribution >= 4 is 22.3 Å². The highest BCUT2D eigenvalue weighted by Crippen LogP contribution is 2.25. The fraction of sp³-hybridized carbons (Fsp3) is 0.100. The van der Waals surface area contributed by atoms with Crippen LogP contribution in [-0.4, -0.2) is 17.0 Å². The summed E-state index contributed by atoms with van der Waals surface area (Å²) in [6, 6.07) is 6.72. The number of benzene rings is 1. The van der Waals surface area contributed by atoms with Crippen molar-refractivity contribution in [3.63, 3.8) is 0 Å². The van der Waals surface area contributed by atoms with Crippen LogP contribution in [0.15, 0.2) is 30.5 Å². The third-order valence-corrected chi connectivity index (χ3v) is 2.20. The minimum Gasteiger partial charge on any atom is -0.388 e. The lowest BCUT2D eigenvalue weighted by molar-refractivity contribution is -0.383. The van der Waals surface area contributed by atoms with Gasteiger partial charge in [0.15, 0.2) is 0 Å². The second-order valence-corrected chi connectivity index (χ2v) is 3.07. The number of nitro groups is 1. The minimum atomic E-state index is -0.399. The number of aromatic nitrogens is 1. The van der Waals surface area contributed by atoms with Crippen LogP contribution in [0.3, 0.4) is 0 Å². The first kappa shape index (κ1) is 9.39. The molecule has 0 amide bonds. The molecule has 1 aromatic heterocycles. The Hall–Kier alpha value is -2.17. The fourth-order valence-electron chi connectivity index (χ4n) is 1.45.